The molecule has 1 atom stereocenters. The Morgan fingerprint density at radius 1 is 1.17 bits per heavy atom. The predicted molar refractivity (Wildman–Crippen MR) is 88.7 cm³/mol. The first-order chi connectivity index (χ1) is 11.2. The summed E-state index contributed by atoms with van der Waals surface area (Å²) in [5, 5.41) is 8.65. The molecule has 0 spiro atoms. The Labute approximate surface area is 133 Å². The number of para-hydroxylation sites is 2. The Morgan fingerprint density at radius 2 is 1.96 bits per heavy atom. The lowest BCUT2D eigenvalue weighted by molar-refractivity contribution is -0.122. The highest BCUT2D eigenvalue weighted by molar-refractivity contribution is 6.06. The first kappa shape index (κ1) is 14.9. The predicted octanol–water partition coefficient (Wildman–Crippen LogP) is 2.46. The number of ether oxygens (including phenoxy) is 1. The van der Waals surface area contributed by atoms with E-state index in [4.69, 9.17) is 4.74 Å². The number of hydrogen-bond donors (Lipinski definition) is 3. The van der Waals surface area contributed by atoms with E-state index in [-0.39, 0.29) is 18.2 Å². The molecule has 0 aromatic heterocycles. The van der Waals surface area contributed by atoms with Crippen molar-refractivity contribution in [3.63, 3.8) is 0 Å². The molecule has 1 aliphatic rings. The van der Waals surface area contributed by atoms with Crippen LogP contribution in [0.2, 0.25) is 0 Å². The molecule has 3 N–H and O–H groups in total. The van der Waals surface area contributed by atoms with Gasteiger partial charge in [-0.1, -0.05) is 18.2 Å². The highest BCUT2D eigenvalue weighted by Gasteiger charge is 2.27. The van der Waals surface area contributed by atoms with Crippen LogP contribution < -0.4 is 20.7 Å². The van der Waals surface area contributed by atoms with E-state index in [1.54, 1.807) is 31.4 Å². The summed E-state index contributed by atoms with van der Waals surface area (Å²) in [6, 6.07) is 13.9. The zero-order chi connectivity index (χ0) is 16.2. The Bertz CT molecular complexity index is 745. The molecule has 2 aromatic carbocycles. The lowest BCUT2D eigenvalue weighted by atomic mass is 10.1. The molecule has 118 valence electrons. The van der Waals surface area contributed by atoms with Crippen LogP contribution in [0.5, 0.6) is 5.75 Å². The number of carbonyl (C=O) groups excluding carboxylic acids is 2. The average molecular weight is 311 g/mol. The summed E-state index contributed by atoms with van der Waals surface area (Å²) in [4.78, 5) is 24.2. The second kappa shape index (κ2) is 6.39. The van der Waals surface area contributed by atoms with Crippen molar-refractivity contribution in [3.05, 3.63) is 48.5 Å². The van der Waals surface area contributed by atoms with Gasteiger partial charge in [0.2, 0.25) is 11.8 Å². The Morgan fingerprint density at radius 3 is 2.74 bits per heavy atom. The van der Waals surface area contributed by atoms with Crippen molar-refractivity contribution in [2.75, 3.05) is 23.1 Å². The number of amides is 2. The van der Waals surface area contributed by atoms with Crippen molar-refractivity contribution < 1.29 is 14.3 Å². The van der Waals surface area contributed by atoms with Gasteiger partial charge in [-0.15, -0.1) is 0 Å². The van der Waals surface area contributed by atoms with Crippen molar-refractivity contribution in [2.24, 2.45) is 0 Å². The van der Waals surface area contributed by atoms with Crippen LogP contribution in [0.25, 0.3) is 0 Å². The summed E-state index contributed by atoms with van der Waals surface area (Å²) in [5.41, 5.74) is 2.17. The summed E-state index contributed by atoms with van der Waals surface area (Å²) in [6.07, 6.45) is 0.0391. The molecule has 1 unspecified atom stereocenters. The van der Waals surface area contributed by atoms with Gasteiger partial charge in [0.05, 0.1) is 24.9 Å². The van der Waals surface area contributed by atoms with E-state index < -0.39 is 6.04 Å². The SMILES string of the molecule is COc1cccc(NC(=O)CC2Nc3ccccc3NC2=O)c1. The minimum Gasteiger partial charge on any atom is -0.497 e. The monoisotopic (exact) mass is 311 g/mol. The number of fused-ring (bicyclic) bond motifs is 1. The van der Waals surface area contributed by atoms with Crippen molar-refractivity contribution in [1.82, 2.24) is 0 Å². The number of methoxy groups -OCH3 is 1. The van der Waals surface area contributed by atoms with Gasteiger partial charge in [0.1, 0.15) is 11.8 Å². The van der Waals surface area contributed by atoms with E-state index >= 15 is 0 Å². The first-order valence-corrected chi connectivity index (χ1v) is 7.26. The highest BCUT2D eigenvalue weighted by atomic mass is 16.5. The maximum atomic E-state index is 12.2. The molecule has 23 heavy (non-hydrogen) atoms. The van der Waals surface area contributed by atoms with Crippen LogP contribution in [0.15, 0.2) is 48.5 Å². The van der Waals surface area contributed by atoms with Crippen LogP contribution in [0.1, 0.15) is 6.42 Å². The van der Waals surface area contributed by atoms with Gasteiger partial charge in [-0.05, 0) is 24.3 Å². The summed E-state index contributed by atoms with van der Waals surface area (Å²) in [7, 11) is 1.56. The molecular formula is C17H17N3O3. The third-order valence-electron chi connectivity index (χ3n) is 3.57. The zero-order valence-electron chi connectivity index (χ0n) is 12.6. The third kappa shape index (κ3) is 3.42. The van der Waals surface area contributed by atoms with E-state index in [0.29, 0.717) is 11.4 Å². The lowest BCUT2D eigenvalue weighted by Gasteiger charge is -2.26. The summed E-state index contributed by atoms with van der Waals surface area (Å²) >= 11 is 0. The van der Waals surface area contributed by atoms with Crippen molar-refractivity contribution >= 4 is 28.9 Å². The minimum absolute atomic E-state index is 0.0391. The fourth-order valence-corrected chi connectivity index (χ4v) is 2.43. The number of benzene rings is 2. The second-order valence-electron chi connectivity index (χ2n) is 5.22. The molecule has 0 radical (unpaired) electrons. The van der Waals surface area contributed by atoms with Crippen molar-refractivity contribution in [1.29, 1.82) is 0 Å². The molecule has 0 aliphatic carbocycles. The Hall–Kier alpha value is -3.02. The van der Waals surface area contributed by atoms with Crippen LogP contribution >= 0.6 is 0 Å². The first-order valence-electron chi connectivity index (χ1n) is 7.26. The van der Waals surface area contributed by atoms with E-state index in [9.17, 15) is 9.59 Å². The van der Waals surface area contributed by atoms with Gasteiger partial charge < -0.3 is 20.7 Å². The largest absolute Gasteiger partial charge is 0.497 e. The summed E-state index contributed by atoms with van der Waals surface area (Å²) in [6.45, 7) is 0. The van der Waals surface area contributed by atoms with Crippen LogP contribution in [0, 0.1) is 0 Å². The van der Waals surface area contributed by atoms with Crippen molar-refractivity contribution in [2.45, 2.75) is 12.5 Å². The van der Waals surface area contributed by atoms with Gasteiger partial charge >= 0.3 is 0 Å². The number of carbonyl (C=O) groups is 2. The number of rotatable bonds is 4. The lowest BCUT2D eigenvalue weighted by Crippen LogP contribution is -2.41. The summed E-state index contributed by atoms with van der Waals surface area (Å²) in [5.74, 6) is 0.194. The highest BCUT2D eigenvalue weighted by Crippen LogP contribution is 2.27. The van der Waals surface area contributed by atoms with E-state index in [1.165, 1.54) is 0 Å². The number of nitrogens with one attached hydrogen (secondary N) is 3. The van der Waals surface area contributed by atoms with E-state index in [1.807, 2.05) is 24.3 Å². The van der Waals surface area contributed by atoms with Crippen LogP contribution in [-0.2, 0) is 9.59 Å². The molecule has 6 nitrogen and oxygen atoms in total. The zero-order valence-corrected chi connectivity index (χ0v) is 12.6. The maximum Gasteiger partial charge on any atom is 0.247 e. The van der Waals surface area contributed by atoms with Gasteiger partial charge in [-0.3, -0.25) is 9.59 Å². The van der Waals surface area contributed by atoms with E-state index in [0.717, 1.165) is 11.4 Å². The van der Waals surface area contributed by atoms with Crippen LogP contribution in [0.4, 0.5) is 17.1 Å². The molecule has 0 saturated carbocycles. The van der Waals surface area contributed by atoms with Crippen molar-refractivity contribution in [3.8, 4) is 5.75 Å². The fourth-order valence-electron chi connectivity index (χ4n) is 2.43. The molecular weight excluding hydrogens is 294 g/mol. The standard InChI is InChI=1S/C17H17N3O3/c1-23-12-6-4-5-11(9-12)18-16(21)10-15-17(22)20-14-8-3-2-7-13(14)19-15/h2-9,15,19H,10H2,1H3,(H,18,21)(H,20,22). The quantitative estimate of drug-likeness (QED) is 0.810. The van der Waals surface area contributed by atoms with Gasteiger partial charge in [-0.25, -0.2) is 0 Å². The molecule has 2 amide bonds. The van der Waals surface area contributed by atoms with Gasteiger partial charge in [0.25, 0.3) is 0 Å². The number of anilines is 3. The minimum atomic E-state index is -0.601. The Balaban J connectivity index is 1.65. The Kier molecular flexibility index (Phi) is 4.14. The van der Waals surface area contributed by atoms with E-state index in [2.05, 4.69) is 16.0 Å². The molecule has 1 aliphatic heterocycles. The molecule has 0 fully saturated rings. The summed E-state index contributed by atoms with van der Waals surface area (Å²) < 4.78 is 5.11. The topological polar surface area (TPSA) is 79.5 Å². The normalized spacial score (nSPS) is 15.9. The fraction of sp³-hybridized carbons (Fsp3) is 0.176. The number of hydrogen-bond acceptors (Lipinski definition) is 4. The molecule has 0 bridgehead atoms. The molecule has 3 rings (SSSR count). The molecule has 1 heterocycles. The third-order valence-corrected chi connectivity index (χ3v) is 3.57. The van der Waals surface area contributed by atoms with Gasteiger partial charge in [-0.2, -0.15) is 0 Å². The smallest absolute Gasteiger partial charge is 0.247 e. The molecule has 0 saturated heterocycles. The van der Waals surface area contributed by atoms with Crippen LogP contribution in [-0.4, -0.2) is 25.0 Å². The maximum absolute atomic E-state index is 12.2. The molecule has 6 heteroatoms. The van der Waals surface area contributed by atoms with Gasteiger partial charge in [0, 0.05) is 11.8 Å². The van der Waals surface area contributed by atoms with Crippen LogP contribution in [0.3, 0.4) is 0 Å². The second-order valence-corrected chi connectivity index (χ2v) is 5.22. The van der Waals surface area contributed by atoms with Gasteiger partial charge in [0.15, 0.2) is 0 Å². The molecule has 2 aromatic rings. The average Bonchev–Trinajstić information content (AvgIpc) is 2.55.